The van der Waals surface area contributed by atoms with Crippen molar-refractivity contribution in [1.29, 1.82) is 5.26 Å². The Hall–Kier alpha value is -1.67. The molecule has 88 valence electrons. The summed E-state index contributed by atoms with van der Waals surface area (Å²) in [6, 6.07) is 7.45. The third-order valence-corrected chi connectivity index (χ3v) is 4.09. The van der Waals surface area contributed by atoms with Gasteiger partial charge in [-0.1, -0.05) is 6.92 Å². The predicted molar refractivity (Wildman–Crippen MR) is 68.8 cm³/mol. The molecule has 0 spiro atoms. The van der Waals surface area contributed by atoms with Crippen molar-refractivity contribution in [2.75, 3.05) is 17.2 Å². The number of rotatable bonds is 2. The predicted octanol–water partition coefficient (Wildman–Crippen LogP) is 2.01. The maximum absolute atomic E-state index is 12.1. The molecular weight excluding hydrogens is 234 g/mol. The van der Waals surface area contributed by atoms with Gasteiger partial charge in [-0.2, -0.15) is 5.26 Å². The van der Waals surface area contributed by atoms with E-state index in [4.69, 9.17) is 11.0 Å². The van der Waals surface area contributed by atoms with E-state index in [1.54, 1.807) is 17.0 Å². The number of anilines is 2. The fourth-order valence-electron chi connectivity index (χ4n) is 1.84. The molecule has 1 unspecified atom stereocenters. The smallest absolute Gasteiger partial charge is 0.241 e. The molecule has 2 rings (SSSR count). The SMILES string of the molecule is CCC1Sc2cc(N)ccc2N(CC#N)C1=O. The summed E-state index contributed by atoms with van der Waals surface area (Å²) in [6.45, 7) is 2.06. The lowest BCUT2D eigenvalue weighted by molar-refractivity contribution is -0.118. The summed E-state index contributed by atoms with van der Waals surface area (Å²) in [5, 5.41) is 8.69. The number of nitrogen functional groups attached to an aromatic ring is 1. The van der Waals surface area contributed by atoms with Crippen LogP contribution in [0.1, 0.15) is 13.3 Å². The first-order chi connectivity index (χ1) is 8.17. The average Bonchev–Trinajstić information content (AvgIpc) is 2.32. The van der Waals surface area contributed by atoms with E-state index in [1.807, 2.05) is 19.1 Å². The molecule has 1 amide bonds. The van der Waals surface area contributed by atoms with E-state index in [0.29, 0.717) is 5.69 Å². The summed E-state index contributed by atoms with van der Waals surface area (Å²) in [7, 11) is 0. The van der Waals surface area contributed by atoms with Crippen molar-refractivity contribution < 1.29 is 4.79 Å². The number of carbonyl (C=O) groups is 1. The lowest BCUT2D eigenvalue weighted by Gasteiger charge is -2.31. The molecule has 0 radical (unpaired) electrons. The van der Waals surface area contributed by atoms with E-state index < -0.39 is 0 Å². The molecule has 0 saturated carbocycles. The van der Waals surface area contributed by atoms with Crippen LogP contribution in [0.4, 0.5) is 11.4 Å². The van der Waals surface area contributed by atoms with Gasteiger partial charge >= 0.3 is 0 Å². The molecule has 0 saturated heterocycles. The van der Waals surface area contributed by atoms with Gasteiger partial charge in [0.15, 0.2) is 0 Å². The van der Waals surface area contributed by atoms with Gasteiger partial charge in [-0.25, -0.2) is 0 Å². The third kappa shape index (κ3) is 2.08. The van der Waals surface area contributed by atoms with Crippen LogP contribution in [0.25, 0.3) is 0 Å². The maximum Gasteiger partial charge on any atom is 0.241 e. The van der Waals surface area contributed by atoms with Gasteiger partial charge in [0.2, 0.25) is 5.91 Å². The minimum atomic E-state index is -0.113. The first-order valence-electron chi connectivity index (χ1n) is 5.42. The summed E-state index contributed by atoms with van der Waals surface area (Å²) < 4.78 is 0. The zero-order valence-corrected chi connectivity index (χ0v) is 10.3. The molecule has 1 aromatic carbocycles. The van der Waals surface area contributed by atoms with Gasteiger partial charge in [0.05, 0.1) is 17.0 Å². The number of nitrogens with two attached hydrogens (primary N) is 1. The van der Waals surface area contributed by atoms with E-state index in [-0.39, 0.29) is 17.7 Å². The third-order valence-electron chi connectivity index (χ3n) is 2.68. The summed E-state index contributed by atoms with van der Waals surface area (Å²) in [4.78, 5) is 14.6. The Labute approximate surface area is 104 Å². The van der Waals surface area contributed by atoms with Crippen LogP contribution in [0, 0.1) is 11.3 Å². The Bertz CT molecular complexity index is 495. The second-order valence-corrected chi connectivity index (χ2v) is 5.07. The topological polar surface area (TPSA) is 70.1 Å². The van der Waals surface area contributed by atoms with Crippen LogP contribution in [-0.4, -0.2) is 17.7 Å². The second-order valence-electron chi connectivity index (χ2n) is 3.82. The summed E-state index contributed by atoms with van der Waals surface area (Å²) in [5.74, 6) is 0.0105. The first kappa shape index (κ1) is 11.8. The summed E-state index contributed by atoms with van der Waals surface area (Å²) >= 11 is 1.53. The van der Waals surface area contributed by atoms with E-state index in [2.05, 4.69) is 0 Å². The number of thioether (sulfide) groups is 1. The number of carbonyl (C=O) groups excluding carboxylic acids is 1. The lowest BCUT2D eigenvalue weighted by atomic mass is 10.2. The highest BCUT2D eigenvalue weighted by Crippen LogP contribution is 2.41. The van der Waals surface area contributed by atoms with Crippen molar-refractivity contribution in [3.8, 4) is 6.07 Å². The second kappa shape index (κ2) is 4.68. The highest BCUT2D eigenvalue weighted by molar-refractivity contribution is 8.01. The van der Waals surface area contributed by atoms with Crippen molar-refractivity contribution in [2.45, 2.75) is 23.5 Å². The quantitative estimate of drug-likeness (QED) is 0.641. The van der Waals surface area contributed by atoms with Gasteiger partial charge < -0.3 is 5.73 Å². The molecule has 1 heterocycles. The molecule has 1 aliphatic rings. The summed E-state index contributed by atoms with van der Waals surface area (Å²) in [5.41, 5.74) is 7.21. The molecule has 17 heavy (non-hydrogen) atoms. The standard InChI is InChI=1S/C12H13N3OS/c1-2-10-12(16)15(6-5-13)9-4-3-8(14)7-11(9)17-10/h3-4,7,10H,2,6,14H2,1H3. The molecular formula is C12H13N3OS. The van der Waals surface area contributed by atoms with Crippen molar-refractivity contribution in [1.82, 2.24) is 0 Å². The molecule has 2 N–H and O–H groups in total. The van der Waals surface area contributed by atoms with Crippen LogP contribution >= 0.6 is 11.8 Å². The van der Waals surface area contributed by atoms with E-state index >= 15 is 0 Å². The number of benzene rings is 1. The minimum Gasteiger partial charge on any atom is -0.399 e. The molecule has 0 aromatic heterocycles. The van der Waals surface area contributed by atoms with E-state index in [9.17, 15) is 4.79 Å². The fraction of sp³-hybridized carbons (Fsp3) is 0.333. The Morgan fingerprint density at radius 3 is 3.00 bits per heavy atom. The largest absolute Gasteiger partial charge is 0.399 e. The number of amides is 1. The number of nitriles is 1. The van der Waals surface area contributed by atoms with Gasteiger partial charge in [0, 0.05) is 10.6 Å². The summed E-state index contributed by atoms with van der Waals surface area (Å²) in [6.07, 6.45) is 0.750. The Morgan fingerprint density at radius 1 is 1.59 bits per heavy atom. The van der Waals surface area contributed by atoms with Crippen molar-refractivity contribution in [3.05, 3.63) is 18.2 Å². The van der Waals surface area contributed by atoms with Crippen LogP contribution in [0.5, 0.6) is 0 Å². The van der Waals surface area contributed by atoms with E-state index in [1.165, 1.54) is 11.8 Å². The molecule has 0 fully saturated rings. The molecule has 4 nitrogen and oxygen atoms in total. The van der Waals surface area contributed by atoms with Crippen LogP contribution < -0.4 is 10.6 Å². The number of hydrogen-bond acceptors (Lipinski definition) is 4. The molecule has 1 atom stereocenters. The van der Waals surface area contributed by atoms with Gasteiger partial charge in [-0.3, -0.25) is 9.69 Å². The average molecular weight is 247 g/mol. The Kier molecular flexibility index (Phi) is 3.25. The number of hydrogen-bond donors (Lipinski definition) is 1. The molecule has 0 bridgehead atoms. The highest BCUT2D eigenvalue weighted by atomic mass is 32.2. The first-order valence-corrected chi connectivity index (χ1v) is 6.29. The molecule has 0 aliphatic carbocycles. The lowest BCUT2D eigenvalue weighted by Crippen LogP contribution is -2.41. The van der Waals surface area contributed by atoms with Gasteiger partial charge in [-0.05, 0) is 24.6 Å². The van der Waals surface area contributed by atoms with Crippen molar-refractivity contribution in [3.63, 3.8) is 0 Å². The number of nitrogens with zero attached hydrogens (tertiary/aromatic N) is 2. The van der Waals surface area contributed by atoms with Crippen LogP contribution in [0.2, 0.25) is 0 Å². The fourth-order valence-corrected chi connectivity index (χ4v) is 3.04. The van der Waals surface area contributed by atoms with Gasteiger partial charge in [0.1, 0.15) is 6.54 Å². The van der Waals surface area contributed by atoms with E-state index in [0.717, 1.165) is 17.0 Å². The van der Waals surface area contributed by atoms with Gasteiger partial charge in [-0.15, -0.1) is 11.8 Å². The zero-order chi connectivity index (χ0) is 12.4. The molecule has 1 aliphatic heterocycles. The minimum absolute atomic E-state index is 0.0105. The van der Waals surface area contributed by atoms with Gasteiger partial charge in [0.25, 0.3) is 0 Å². The van der Waals surface area contributed by atoms with Crippen molar-refractivity contribution >= 4 is 29.0 Å². The molecule has 1 aromatic rings. The van der Waals surface area contributed by atoms with Crippen molar-refractivity contribution in [2.24, 2.45) is 0 Å². The van der Waals surface area contributed by atoms with Crippen LogP contribution in [0.15, 0.2) is 23.1 Å². The number of fused-ring (bicyclic) bond motifs is 1. The normalized spacial score (nSPS) is 18.7. The van der Waals surface area contributed by atoms with Crippen LogP contribution in [0.3, 0.4) is 0 Å². The maximum atomic E-state index is 12.1. The molecule has 5 heteroatoms. The Balaban J connectivity index is 2.46. The zero-order valence-electron chi connectivity index (χ0n) is 9.51. The highest BCUT2D eigenvalue weighted by Gasteiger charge is 2.32. The monoisotopic (exact) mass is 247 g/mol. The Morgan fingerprint density at radius 2 is 2.35 bits per heavy atom. The van der Waals surface area contributed by atoms with Crippen LogP contribution in [-0.2, 0) is 4.79 Å².